The number of nitrogens with one attached hydrogen (secondary N) is 2. The third kappa shape index (κ3) is 4.42. The average molecular weight is 478 g/mol. The Hall–Kier alpha value is -3.26. The topological polar surface area (TPSA) is 62.2 Å². The molecule has 1 saturated heterocycles. The van der Waals surface area contributed by atoms with E-state index in [4.69, 9.17) is 12.2 Å². The summed E-state index contributed by atoms with van der Waals surface area (Å²) < 4.78 is 15.6. The first-order chi connectivity index (χ1) is 16.4. The van der Waals surface area contributed by atoms with Crippen molar-refractivity contribution in [1.82, 2.24) is 19.8 Å². The summed E-state index contributed by atoms with van der Waals surface area (Å²) in [5, 5.41) is 6.92. The minimum Gasteiger partial charge on any atom is -0.352 e. The molecular formula is C26H28FN5OS. The first kappa shape index (κ1) is 22.5. The van der Waals surface area contributed by atoms with E-state index in [0.29, 0.717) is 23.4 Å². The lowest BCUT2D eigenvalue weighted by molar-refractivity contribution is -0.116. The molecule has 2 fully saturated rings. The fourth-order valence-corrected chi connectivity index (χ4v) is 5.29. The number of anilines is 1. The normalized spacial score (nSPS) is 19.9. The third-order valence-electron chi connectivity index (χ3n) is 6.66. The van der Waals surface area contributed by atoms with Gasteiger partial charge >= 0.3 is 0 Å². The Balaban J connectivity index is 1.40. The molecule has 34 heavy (non-hydrogen) atoms. The molecule has 1 saturated carbocycles. The van der Waals surface area contributed by atoms with E-state index in [0.717, 1.165) is 5.69 Å². The van der Waals surface area contributed by atoms with Gasteiger partial charge in [0, 0.05) is 42.3 Å². The predicted molar refractivity (Wildman–Crippen MR) is 134 cm³/mol. The Morgan fingerprint density at radius 1 is 1.21 bits per heavy atom. The van der Waals surface area contributed by atoms with E-state index >= 15 is 0 Å². The SMILES string of the molecule is Cc1cc([C@H]2[C@H](c3ccccn3)NC(=S)N2CCC(=O)Nc2ccc(F)cc2)c(C)n1C1CC1. The van der Waals surface area contributed by atoms with Gasteiger partial charge in [-0.2, -0.15) is 0 Å². The highest BCUT2D eigenvalue weighted by Gasteiger charge is 2.42. The van der Waals surface area contributed by atoms with Crippen LogP contribution in [0.15, 0.2) is 54.7 Å². The zero-order valence-corrected chi connectivity index (χ0v) is 20.1. The van der Waals surface area contributed by atoms with E-state index in [1.807, 2.05) is 18.2 Å². The number of rotatable bonds is 7. The molecule has 2 N–H and O–H groups in total. The van der Waals surface area contributed by atoms with Gasteiger partial charge in [-0.25, -0.2) is 4.39 Å². The number of thiocarbonyl (C=S) groups is 1. The molecule has 0 radical (unpaired) electrons. The van der Waals surface area contributed by atoms with Crippen molar-refractivity contribution in [2.24, 2.45) is 0 Å². The number of halogens is 1. The number of hydrogen-bond acceptors (Lipinski definition) is 3. The van der Waals surface area contributed by atoms with E-state index in [9.17, 15) is 9.18 Å². The van der Waals surface area contributed by atoms with Gasteiger partial charge in [0.25, 0.3) is 0 Å². The third-order valence-corrected chi connectivity index (χ3v) is 7.01. The number of aryl methyl sites for hydroxylation is 1. The molecule has 5 rings (SSSR count). The summed E-state index contributed by atoms with van der Waals surface area (Å²) in [4.78, 5) is 19.4. The molecule has 176 valence electrons. The quantitative estimate of drug-likeness (QED) is 0.470. The van der Waals surface area contributed by atoms with Crippen molar-refractivity contribution in [2.75, 3.05) is 11.9 Å². The number of pyridine rings is 1. The lowest BCUT2D eigenvalue weighted by Gasteiger charge is -2.28. The number of carbonyl (C=O) groups is 1. The fourth-order valence-electron chi connectivity index (χ4n) is 4.96. The molecule has 6 nitrogen and oxygen atoms in total. The molecule has 0 spiro atoms. The van der Waals surface area contributed by atoms with Crippen LogP contribution in [-0.4, -0.2) is 32.0 Å². The molecule has 2 atom stereocenters. The molecule has 1 aliphatic heterocycles. The van der Waals surface area contributed by atoms with E-state index in [1.165, 1.54) is 41.9 Å². The number of hydrogen-bond donors (Lipinski definition) is 2. The van der Waals surface area contributed by atoms with Crippen molar-refractivity contribution in [3.63, 3.8) is 0 Å². The van der Waals surface area contributed by atoms with Crippen LogP contribution in [0.1, 0.15) is 60.0 Å². The van der Waals surface area contributed by atoms with Gasteiger partial charge in [0.2, 0.25) is 5.91 Å². The fraction of sp³-hybridized carbons (Fsp3) is 0.346. The van der Waals surface area contributed by atoms with Crippen molar-refractivity contribution in [3.05, 3.63) is 83.2 Å². The zero-order valence-electron chi connectivity index (χ0n) is 19.3. The smallest absolute Gasteiger partial charge is 0.226 e. The van der Waals surface area contributed by atoms with Crippen LogP contribution in [0.3, 0.4) is 0 Å². The largest absolute Gasteiger partial charge is 0.352 e. The Morgan fingerprint density at radius 3 is 2.65 bits per heavy atom. The van der Waals surface area contributed by atoms with E-state index in [1.54, 1.807) is 18.3 Å². The maximum Gasteiger partial charge on any atom is 0.226 e. The van der Waals surface area contributed by atoms with Gasteiger partial charge in [0.15, 0.2) is 5.11 Å². The Labute approximate surface area is 204 Å². The van der Waals surface area contributed by atoms with Crippen molar-refractivity contribution in [3.8, 4) is 0 Å². The van der Waals surface area contributed by atoms with E-state index in [2.05, 4.69) is 45.0 Å². The summed E-state index contributed by atoms with van der Waals surface area (Å²) in [5.41, 5.74) is 5.21. The first-order valence-electron chi connectivity index (χ1n) is 11.6. The van der Waals surface area contributed by atoms with Gasteiger partial charge < -0.3 is 20.1 Å². The van der Waals surface area contributed by atoms with Crippen molar-refractivity contribution >= 4 is 28.9 Å². The van der Waals surface area contributed by atoms with Crippen LogP contribution in [0.25, 0.3) is 0 Å². The molecule has 0 bridgehead atoms. The van der Waals surface area contributed by atoms with Crippen LogP contribution >= 0.6 is 12.2 Å². The highest BCUT2D eigenvalue weighted by atomic mass is 32.1. The minimum absolute atomic E-state index is 0.0697. The Morgan fingerprint density at radius 2 is 1.97 bits per heavy atom. The Kier molecular flexibility index (Phi) is 6.08. The standard InChI is InChI=1S/C26H28FN5OS/c1-16-15-21(17(2)32(16)20-10-11-20)25-24(22-5-3-4-13-28-22)30-26(34)31(25)14-12-23(33)29-19-8-6-18(27)7-9-19/h3-9,13,15,20,24-25H,10-12,14H2,1-2H3,(H,29,33)(H,30,34)/t24-,25-/m0/s1. The lowest BCUT2D eigenvalue weighted by Crippen LogP contribution is -2.32. The van der Waals surface area contributed by atoms with Gasteiger partial charge in [-0.05, 0) is 86.9 Å². The van der Waals surface area contributed by atoms with Crippen molar-refractivity contribution in [2.45, 2.75) is 51.2 Å². The van der Waals surface area contributed by atoms with Gasteiger partial charge in [-0.15, -0.1) is 0 Å². The van der Waals surface area contributed by atoms with Crippen LogP contribution < -0.4 is 10.6 Å². The van der Waals surface area contributed by atoms with Crippen LogP contribution in [0.2, 0.25) is 0 Å². The highest BCUT2D eigenvalue weighted by Crippen LogP contribution is 2.44. The molecule has 3 aromatic rings. The maximum absolute atomic E-state index is 13.2. The van der Waals surface area contributed by atoms with Crippen LogP contribution in [0, 0.1) is 19.7 Å². The number of nitrogens with zero attached hydrogens (tertiary/aromatic N) is 3. The second kappa shape index (κ2) is 9.18. The number of aromatic nitrogens is 2. The van der Waals surface area contributed by atoms with Gasteiger partial charge in [0.1, 0.15) is 5.82 Å². The molecule has 8 heteroatoms. The van der Waals surface area contributed by atoms with Crippen LogP contribution in [0.4, 0.5) is 10.1 Å². The van der Waals surface area contributed by atoms with E-state index < -0.39 is 0 Å². The first-order valence-corrected chi connectivity index (χ1v) is 12.0. The molecule has 2 aliphatic rings. The van der Waals surface area contributed by atoms with Crippen molar-refractivity contribution in [1.29, 1.82) is 0 Å². The second-order valence-corrected chi connectivity index (χ2v) is 9.44. The monoisotopic (exact) mass is 477 g/mol. The molecule has 1 amide bonds. The molecule has 0 unspecified atom stereocenters. The number of benzene rings is 1. The number of carbonyl (C=O) groups excluding carboxylic acids is 1. The zero-order chi connectivity index (χ0) is 23.8. The summed E-state index contributed by atoms with van der Waals surface area (Å²) in [5.74, 6) is -0.475. The second-order valence-electron chi connectivity index (χ2n) is 9.05. The predicted octanol–water partition coefficient (Wildman–Crippen LogP) is 4.98. The van der Waals surface area contributed by atoms with Gasteiger partial charge in [-0.1, -0.05) is 6.07 Å². The maximum atomic E-state index is 13.2. The molecular weight excluding hydrogens is 449 g/mol. The highest BCUT2D eigenvalue weighted by molar-refractivity contribution is 7.80. The summed E-state index contributed by atoms with van der Waals surface area (Å²) in [6.07, 6.45) is 4.48. The summed E-state index contributed by atoms with van der Waals surface area (Å²) in [7, 11) is 0. The summed E-state index contributed by atoms with van der Waals surface area (Å²) in [6, 6.07) is 14.3. The molecule has 1 aliphatic carbocycles. The molecule has 2 aromatic heterocycles. The lowest BCUT2D eigenvalue weighted by atomic mass is 9.96. The minimum atomic E-state index is -0.335. The van der Waals surface area contributed by atoms with Gasteiger partial charge in [0.05, 0.1) is 17.8 Å². The molecule has 1 aromatic carbocycles. The van der Waals surface area contributed by atoms with Gasteiger partial charge in [-0.3, -0.25) is 9.78 Å². The van der Waals surface area contributed by atoms with Crippen LogP contribution in [0.5, 0.6) is 0 Å². The summed E-state index contributed by atoms with van der Waals surface area (Å²) >= 11 is 5.74. The van der Waals surface area contributed by atoms with Crippen molar-refractivity contribution < 1.29 is 9.18 Å². The van der Waals surface area contributed by atoms with E-state index in [-0.39, 0.29) is 30.2 Å². The van der Waals surface area contributed by atoms with Crippen LogP contribution in [-0.2, 0) is 4.79 Å². The Bertz CT molecular complexity index is 1210. The average Bonchev–Trinajstić information content (AvgIpc) is 3.54. The summed E-state index contributed by atoms with van der Waals surface area (Å²) in [6.45, 7) is 4.79. The molecule has 3 heterocycles. The number of amides is 1.